The molecule has 3 aromatic rings. The molecular formula is C18H17ClN4O2S2. The first kappa shape index (κ1) is 18.3. The third kappa shape index (κ3) is 4.45. The van der Waals surface area contributed by atoms with Crippen LogP contribution in [0.4, 0.5) is 5.69 Å². The highest BCUT2D eigenvalue weighted by atomic mass is 35.5. The van der Waals surface area contributed by atoms with Gasteiger partial charge in [0.05, 0.1) is 15.0 Å². The minimum atomic E-state index is 0.0895. The van der Waals surface area contributed by atoms with E-state index in [2.05, 4.69) is 27.2 Å². The van der Waals surface area contributed by atoms with E-state index in [0.717, 1.165) is 31.1 Å². The number of thioether (sulfide) groups is 1. The highest BCUT2D eigenvalue weighted by Gasteiger charge is 2.22. The average Bonchev–Trinajstić information content (AvgIpc) is 3.36. The number of rotatable bonds is 5. The van der Waals surface area contributed by atoms with Gasteiger partial charge < -0.3 is 14.2 Å². The molecule has 27 heavy (non-hydrogen) atoms. The van der Waals surface area contributed by atoms with Gasteiger partial charge in [-0.25, -0.2) is 0 Å². The number of anilines is 1. The van der Waals surface area contributed by atoms with Crippen LogP contribution in [0.1, 0.15) is 0 Å². The molecule has 4 rings (SSSR count). The highest BCUT2D eigenvalue weighted by molar-refractivity contribution is 7.99. The van der Waals surface area contributed by atoms with Crippen LogP contribution in [0.2, 0.25) is 4.34 Å². The summed E-state index contributed by atoms with van der Waals surface area (Å²) in [6.07, 6.45) is 0. The Balaban J connectivity index is 1.27. The molecule has 140 valence electrons. The molecule has 1 aliphatic heterocycles. The summed E-state index contributed by atoms with van der Waals surface area (Å²) in [6.45, 7) is 3.11. The van der Waals surface area contributed by atoms with Gasteiger partial charge in [0.1, 0.15) is 0 Å². The zero-order valence-corrected chi connectivity index (χ0v) is 16.8. The first-order valence-electron chi connectivity index (χ1n) is 8.49. The minimum absolute atomic E-state index is 0.0895. The first-order valence-corrected chi connectivity index (χ1v) is 10.7. The fourth-order valence-electron chi connectivity index (χ4n) is 2.86. The maximum absolute atomic E-state index is 12.5. The van der Waals surface area contributed by atoms with Crippen molar-refractivity contribution < 1.29 is 9.21 Å². The number of aromatic nitrogens is 2. The van der Waals surface area contributed by atoms with Crippen LogP contribution in [0.3, 0.4) is 0 Å². The summed E-state index contributed by atoms with van der Waals surface area (Å²) >= 11 is 8.57. The molecule has 3 heterocycles. The molecule has 6 nitrogen and oxygen atoms in total. The van der Waals surface area contributed by atoms with Crippen molar-refractivity contribution in [3.63, 3.8) is 0 Å². The number of benzene rings is 1. The molecule has 1 fully saturated rings. The van der Waals surface area contributed by atoms with Gasteiger partial charge in [-0.05, 0) is 24.3 Å². The first-order chi connectivity index (χ1) is 13.2. The van der Waals surface area contributed by atoms with Gasteiger partial charge in [-0.1, -0.05) is 41.6 Å². The SMILES string of the molecule is O=C(CSc1nnc(-c2ccc(Cl)s2)o1)N1CCN(c2ccccc2)CC1. The van der Waals surface area contributed by atoms with Crippen molar-refractivity contribution >= 4 is 46.3 Å². The van der Waals surface area contributed by atoms with Crippen LogP contribution in [0.5, 0.6) is 0 Å². The van der Waals surface area contributed by atoms with Gasteiger partial charge in [-0.2, -0.15) is 0 Å². The standard InChI is InChI=1S/C18H17ClN4O2S2/c19-15-7-6-14(27-15)17-20-21-18(25-17)26-12-16(24)23-10-8-22(9-11-23)13-4-2-1-3-5-13/h1-7H,8-12H2. The molecule has 0 saturated carbocycles. The summed E-state index contributed by atoms with van der Waals surface area (Å²) < 4.78 is 6.28. The molecule has 1 aromatic carbocycles. The van der Waals surface area contributed by atoms with Crippen molar-refractivity contribution in [2.75, 3.05) is 36.8 Å². The van der Waals surface area contributed by atoms with Gasteiger partial charge in [-0.3, -0.25) is 4.79 Å². The third-order valence-corrected chi connectivity index (χ3v) is 6.29. The Bertz CT molecular complexity index is 907. The minimum Gasteiger partial charge on any atom is -0.410 e. The maximum atomic E-state index is 12.5. The molecule has 0 radical (unpaired) electrons. The second kappa shape index (κ2) is 8.33. The number of halogens is 1. The molecule has 0 bridgehead atoms. The monoisotopic (exact) mass is 420 g/mol. The Morgan fingerprint density at radius 3 is 2.59 bits per heavy atom. The molecule has 9 heteroatoms. The number of nitrogens with zero attached hydrogens (tertiary/aromatic N) is 4. The van der Waals surface area contributed by atoms with Crippen molar-refractivity contribution in [2.24, 2.45) is 0 Å². The van der Waals surface area contributed by atoms with Crippen molar-refractivity contribution in [1.82, 2.24) is 15.1 Å². The van der Waals surface area contributed by atoms with E-state index in [1.165, 1.54) is 28.8 Å². The Morgan fingerprint density at radius 2 is 1.89 bits per heavy atom. The molecule has 1 amide bonds. The number of hydrogen-bond donors (Lipinski definition) is 0. The van der Waals surface area contributed by atoms with Crippen LogP contribution < -0.4 is 4.90 Å². The van der Waals surface area contributed by atoms with Crippen LogP contribution >= 0.6 is 34.7 Å². The fourth-order valence-corrected chi connectivity index (χ4v) is 4.49. The number of amides is 1. The van der Waals surface area contributed by atoms with E-state index in [0.29, 0.717) is 15.4 Å². The van der Waals surface area contributed by atoms with Crippen molar-refractivity contribution in [1.29, 1.82) is 0 Å². The summed E-state index contributed by atoms with van der Waals surface area (Å²) in [5, 5.41) is 8.41. The van der Waals surface area contributed by atoms with Crippen molar-refractivity contribution in [3.8, 4) is 10.8 Å². The van der Waals surface area contributed by atoms with Crippen LogP contribution in [-0.2, 0) is 4.79 Å². The molecular weight excluding hydrogens is 404 g/mol. The molecule has 0 unspecified atom stereocenters. The molecule has 0 aliphatic carbocycles. The van der Waals surface area contributed by atoms with Crippen LogP contribution in [0.15, 0.2) is 52.1 Å². The second-order valence-corrected chi connectivity index (χ2v) is 8.61. The normalized spacial score (nSPS) is 14.6. The van der Waals surface area contributed by atoms with Gasteiger partial charge in [0.25, 0.3) is 11.1 Å². The average molecular weight is 421 g/mol. The van der Waals surface area contributed by atoms with Gasteiger partial charge >= 0.3 is 0 Å². The van der Waals surface area contributed by atoms with Crippen molar-refractivity contribution in [3.05, 3.63) is 46.8 Å². The predicted octanol–water partition coefficient (Wildman–Crippen LogP) is 3.89. The number of carbonyl (C=O) groups excluding carboxylic acids is 1. The summed E-state index contributed by atoms with van der Waals surface area (Å²) in [5.41, 5.74) is 1.20. The van der Waals surface area contributed by atoms with E-state index in [1.54, 1.807) is 6.07 Å². The van der Waals surface area contributed by atoms with E-state index >= 15 is 0 Å². The lowest BCUT2D eigenvalue weighted by molar-refractivity contribution is -0.128. The van der Waals surface area contributed by atoms with E-state index in [9.17, 15) is 4.79 Å². The van der Waals surface area contributed by atoms with Gasteiger partial charge in [-0.15, -0.1) is 21.5 Å². The van der Waals surface area contributed by atoms with Gasteiger partial charge in [0.15, 0.2) is 0 Å². The summed E-state index contributed by atoms with van der Waals surface area (Å²) in [7, 11) is 0. The number of carbonyl (C=O) groups is 1. The Labute approximate surface area is 170 Å². The molecule has 1 aliphatic rings. The summed E-state index contributed by atoms with van der Waals surface area (Å²) in [6, 6.07) is 13.9. The van der Waals surface area contributed by atoms with Crippen LogP contribution in [0, 0.1) is 0 Å². The third-order valence-electron chi connectivity index (χ3n) is 4.26. The van der Waals surface area contributed by atoms with E-state index < -0.39 is 0 Å². The van der Waals surface area contributed by atoms with E-state index in [4.69, 9.17) is 16.0 Å². The van der Waals surface area contributed by atoms with Crippen molar-refractivity contribution in [2.45, 2.75) is 5.22 Å². The Kier molecular flexibility index (Phi) is 5.66. The lowest BCUT2D eigenvalue weighted by atomic mass is 10.2. The summed E-state index contributed by atoms with van der Waals surface area (Å²) in [4.78, 5) is 17.5. The molecule has 2 aromatic heterocycles. The van der Waals surface area contributed by atoms with Crippen LogP contribution in [-0.4, -0.2) is 52.9 Å². The van der Waals surface area contributed by atoms with E-state index in [1.807, 2.05) is 29.2 Å². The highest BCUT2D eigenvalue weighted by Crippen LogP contribution is 2.31. The molecule has 0 N–H and O–H groups in total. The quantitative estimate of drug-likeness (QED) is 0.583. The summed E-state index contributed by atoms with van der Waals surface area (Å²) in [5.74, 6) is 0.808. The Morgan fingerprint density at radius 1 is 1.11 bits per heavy atom. The number of para-hydroxylation sites is 1. The Hall–Kier alpha value is -2.03. The lowest BCUT2D eigenvalue weighted by Gasteiger charge is -2.36. The zero-order chi connectivity index (χ0) is 18.6. The molecule has 0 spiro atoms. The largest absolute Gasteiger partial charge is 0.410 e. The van der Waals surface area contributed by atoms with Gasteiger partial charge in [0.2, 0.25) is 5.91 Å². The number of hydrogen-bond acceptors (Lipinski definition) is 7. The van der Waals surface area contributed by atoms with Crippen LogP contribution in [0.25, 0.3) is 10.8 Å². The number of thiophene rings is 1. The predicted molar refractivity (Wildman–Crippen MR) is 109 cm³/mol. The fraction of sp³-hybridized carbons (Fsp3) is 0.278. The van der Waals surface area contributed by atoms with E-state index in [-0.39, 0.29) is 11.7 Å². The smallest absolute Gasteiger partial charge is 0.277 e. The van der Waals surface area contributed by atoms with Gasteiger partial charge in [0, 0.05) is 31.9 Å². The number of piperazine rings is 1. The zero-order valence-electron chi connectivity index (χ0n) is 14.4. The lowest BCUT2D eigenvalue weighted by Crippen LogP contribution is -2.49. The molecule has 0 atom stereocenters. The maximum Gasteiger partial charge on any atom is 0.277 e. The topological polar surface area (TPSA) is 62.5 Å². The second-order valence-electron chi connectivity index (χ2n) is 5.97. The molecule has 1 saturated heterocycles.